The van der Waals surface area contributed by atoms with Gasteiger partial charge in [-0.3, -0.25) is 0 Å². The second-order valence-corrected chi connectivity index (χ2v) is 12.5. The van der Waals surface area contributed by atoms with Gasteiger partial charge in [0.15, 0.2) is 0 Å². The quantitative estimate of drug-likeness (QED) is 0.0620. The molecule has 0 saturated carbocycles. The third-order valence-electron chi connectivity index (χ3n) is 5.99. The van der Waals surface area contributed by atoms with Crippen molar-refractivity contribution in [3.63, 3.8) is 0 Å². The third-order valence-corrected chi connectivity index (χ3v) is 7.31. The van der Waals surface area contributed by atoms with Gasteiger partial charge in [-0.05, 0) is 32.1 Å². The van der Waals surface area contributed by atoms with E-state index in [0.717, 1.165) is 12.8 Å². The van der Waals surface area contributed by atoms with Crippen LogP contribution in [-0.4, -0.2) is 44.9 Å². The van der Waals surface area contributed by atoms with Gasteiger partial charge in [-0.15, -0.1) is 0 Å². The molecule has 0 heterocycles. The van der Waals surface area contributed by atoms with Gasteiger partial charge >= 0.3 is 0 Å². The van der Waals surface area contributed by atoms with Crippen LogP contribution in [0.4, 0.5) is 0 Å². The molecule has 192 valence electrons. The molecule has 5 heteroatoms. The monoisotopic (exact) mass is 473 g/mol. The number of allylic oxidation sites excluding steroid dienone is 2. The molecule has 0 aliphatic heterocycles. The maximum atomic E-state index is 11.9. The molecule has 0 rings (SSSR count). The molecule has 1 unspecified atom stereocenters. The smallest absolute Gasteiger partial charge is 0.140 e. The maximum absolute atomic E-state index is 11.9. The molecule has 0 bridgehead atoms. The Labute approximate surface area is 201 Å². The second kappa shape index (κ2) is 21.4. The zero-order chi connectivity index (χ0) is 24.0. The van der Waals surface area contributed by atoms with Crippen molar-refractivity contribution in [2.24, 2.45) is 0 Å². The molecular formula is C27H56NO3P. The lowest BCUT2D eigenvalue weighted by Crippen LogP contribution is -2.37. The summed E-state index contributed by atoms with van der Waals surface area (Å²) in [4.78, 5) is 11.9. The molecule has 0 amide bonds. The lowest BCUT2D eigenvalue weighted by Gasteiger charge is -2.29. The van der Waals surface area contributed by atoms with E-state index in [0.29, 0.717) is 17.6 Å². The molecule has 0 spiro atoms. The number of hydrogen-bond acceptors (Lipinski definition) is 3. The van der Waals surface area contributed by atoms with E-state index in [4.69, 9.17) is 4.52 Å². The van der Waals surface area contributed by atoms with Gasteiger partial charge in [0.05, 0.1) is 40.5 Å². The first-order valence-electron chi connectivity index (χ1n) is 13.7. The molecule has 0 aromatic carbocycles. The van der Waals surface area contributed by atoms with Gasteiger partial charge in [-0.2, -0.15) is 0 Å². The first-order valence-corrected chi connectivity index (χ1v) is 15.4. The second-order valence-electron chi connectivity index (χ2n) is 10.5. The standard InChI is InChI=1S/C27H56NO3P/c1-5-6-7-8-9-10-11-12-13-14-15-16-17-18-19-20-21-22-23-24-26-31-32(29,30)27-25-28(2,3)4/h12-13H,5-11,14-27H2,1-4H3. The van der Waals surface area contributed by atoms with E-state index in [9.17, 15) is 9.46 Å². The van der Waals surface area contributed by atoms with Gasteiger partial charge in [0.2, 0.25) is 0 Å². The van der Waals surface area contributed by atoms with E-state index in [1.165, 1.54) is 103 Å². The van der Waals surface area contributed by atoms with E-state index in [2.05, 4.69) is 19.1 Å². The minimum absolute atomic E-state index is 0.131. The van der Waals surface area contributed by atoms with Crippen LogP contribution in [0.1, 0.15) is 122 Å². The topological polar surface area (TPSA) is 49.4 Å². The van der Waals surface area contributed by atoms with Crippen molar-refractivity contribution in [1.82, 2.24) is 0 Å². The number of quaternary nitrogens is 1. The minimum Gasteiger partial charge on any atom is -0.778 e. The highest BCUT2D eigenvalue weighted by Gasteiger charge is 2.14. The van der Waals surface area contributed by atoms with Gasteiger partial charge in [-0.25, -0.2) is 0 Å². The Morgan fingerprint density at radius 2 is 1.09 bits per heavy atom. The Morgan fingerprint density at radius 3 is 1.53 bits per heavy atom. The van der Waals surface area contributed by atoms with Crippen molar-refractivity contribution in [1.29, 1.82) is 0 Å². The molecule has 0 aliphatic rings. The van der Waals surface area contributed by atoms with E-state index in [-0.39, 0.29) is 6.16 Å². The van der Waals surface area contributed by atoms with Crippen LogP contribution in [0.15, 0.2) is 12.2 Å². The van der Waals surface area contributed by atoms with Crippen LogP contribution in [0.25, 0.3) is 0 Å². The Kier molecular flexibility index (Phi) is 21.3. The van der Waals surface area contributed by atoms with Crippen molar-refractivity contribution in [2.75, 3.05) is 40.5 Å². The summed E-state index contributed by atoms with van der Waals surface area (Å²) in [5.74, 6) is 0. The van der Waals surface area contributed by atoms with Crippen LogP contribution in [0.5, 0.6) is 0 Å². The summed E-state index contributed by atoms with van der Waals surface area (Å²) >= 11 is 0. The van der Waals surface area contributed by atoms with Gasteiger partial charge in [0.1, 0.15) is 7.60 Å². The fraction of sp³-hybridized carbons (Fsp3) is 0.926. The van der Waals surface area contributed by atoms with Crippen LogP contribution in [0, 0.1) is 0 Å². The molecule has 4 nitrogen and oxygen atoms in total. The minimum atomic E-state index is -3.65. The Morgan fingerprint density at radius 1 is 0.688 bits per heavy atom. The summed E-state index contributed by atoms with van der Waals surface area (Å²) in [6.07, 6.45) is 28.2. The van der Waals surface area contributed by atoms with Crippen molar-refractivity contribution in [2.45, 2.75) is 122 Å². The summed E-state index contributed by atoms with van der Waals surface area (Å²) in [6.45, 7) is 3.22. The summed E-state index contributed by atoms with van der Waals surface area (Å²) in [6, 6.07) is 0. The highest BCUT2D eigenvalue weighted by atomic mass is 31.2. The van der Waals surface area contributed by atoms with E-state index in [1.807, 2.05) is 21.1 Å². The van der Waals surface area contributed by atoms with Crippen LogP contribution >= 0.6 is 7.60 Å². The molecule has 0 fully saturated rings. The molecule has 0 aliphatic carbocycles. The zero-order valence-electron chi connectivity index (χ0n) is 22.1. The molecule has 32 heavy (non-hydrogen) atoms. The van der Waals surface area contributed by atoms with E-state index >= 15 is 0 Å². The predicted molar refractivity (Wildman–Crippen MR) is 139 cm³/mol. The van der Waals surface area contributed by atoms with Crippen LogP contribution in [0.3, 0.4) is 0 Å². The fourth-order valence-electron chi connectivity index (χ4n) is 3.75. The molecule has 0 aromatic rings. The average molecular weight is 474 g/mol. The summed E-state index contributed by atoms with van der Waals surface area (Å²) in [7, 11) is 2.33. The molecule has 1 atom stereocenters. The lowest BCUT2D eigenvalue weighted by atomic mass is 10.1. The van der Waals surface area contributed by atoms with Crippen molar-refractivity contribution < 1.29 is 18.5 Å². The van der Waals surface area contributed by atoms with Crippen molar-refractivity contribution >= 4 is 7.60 Å². The third kappa shape index (κ3) is 26.1. The molecular weight excluding hydrogens is 417 g/mol. The summed E-state index contributed by atoms with van der Waals surface area (Å²) in [5, 5.41) is 0. The highest BCUT2D eigenvalue weighted by Crippen LogP contribution is 2.36. The highest BCUT2D eigenvalue weighted by molar-refractivity contribution is 7.51. The van der Waals surface area contributed by atoms with Gasteiger partial charge in [0.25, 0.3) is 0 Å². The molecule has 0 aromatic heterocycles. The van der Waals surface area contributed by atoms with Crippen LogP contribution < -0.4 is 4.89 Å². The normalized spacial score (nSPS) is 14.3. The van der Waals surface area contributed by atoms with Gasteiger partial charge in [0, 0.05) is 0 Å². The summed E-state index contributed by atoms with van der Waals surface area (Å²) in [5.41, 5.74) is 0. The SMILES string of the molecule is CCCCCCCCC=CCCCCCCCCCCCCOP(=O)([O-])CC[N+](C)(C)C. The Hall–Kier alpha value is -0.150. The summed E-state index contributed by atoms with van der Waals surface area (Å²) < 4.78 is 17.7. The molecule has 0 radical (unpaired) electrons. The first-order chi connectivity index (χ1) is 15.3. The van der Waals surface area contributed by atoms with E-state index in [1.54, 1.807) is 0 Å². The van der Waals surface area contributed by atoms with E-state index < -0.39 is 7.60 Å². The maximum Gasteiger partial charge on any atom is 0.140 e. The van der Waals surface area contributed by atoms with Crippen molar-refractivity contribution in [3.05, 3.63) is 12.2 Å². The average Bonchev–Trinajstić information content (AvgIpc) is 2.73. The van der Waals surface area contributed by atoms with Crippen LogP contribution in [0.2, 0.25) is 0 Å². The number of nitrogens with zero attached hydrogens (tertiary/aromatic N) is 1. The largest absolute Gasteiger partial charge is 0.778 e. The number of unbranched alkanes of at least 4 members (excludes halogenated alkanes) is 16. The molecule has 0 saturated heterocycles. The predicted octanol–water partition coefficient (Wildman–Crippen LogP) is 7.86. The van der Waals surface area contributed by atoms with Crippen LogP contribution in [-0.2, 0) is 9.09 Å². The lowest BCUT2D eigenvalue weighted by molar-refractivity contribution is -0.868. The first kappa shape index (κ1) is 31.9. The fourth-order valence-corrected chi connectivity index (χ4v) is 5.13. The number of hydrogen-bond donors (Lipinski definition) is 0. The zero-order valence-corrected chi connectivity index (χ0v) is 23.0. The van der Waals surface area contributed by atoms with Gasteiger partial charge < -0.3 is 18.5 Å². The Balaban J connectivity index is 3.28. The van der Waals surface area contributed by atoms with Gasteiger partial charge in [-0.1, -0.05) is 103 Å². The van der Waals surface area contributed by atoms with Crippen molar-refractivity contribution in [3.8, 4) is 0 Å². The number of rotatable bonds is 24. The molecule has 0 N–H and O–H groups in total. The Bertz CT molecular complexity index is 474.